The first-order valence-corrected chi connectivity index (χ1v) is 18.0. The SMILES string of the molecule is C1=CC2C(c3ccc(-c4ccc5ccccc5c4)cc3)=Cc3c(oc4cccc(C5C=C(c6ccccc6)C=C(c6ccccc6)C5)c34)C2C=C1. The zero-order valence-electron chi connectivity index (χ0n) is 28.2. The largest absolute Gasteiger partial charge is 0.460 e. The Bertz CT molecular complexity index is 2590. The molecule has 0 fully saturated rings. The van der Waals surface area contributed by atoms with Crippen molar-refractivity contribution < 1.29 is 4.42 Å². The predicted octanol–water partition coefficient (Wildman–Crippen LogP) is 13.3. The molecule has 0 amide bonds. The normalized spacial score (nSPS) is 19.3. The summed E-state index contributed by atoms with van der Waals surface area (Å²) >= 11 is 0. The molecule has 0 saturated heterocycles. The second kappa shape index (κ2) is 12.3. The number of benzene rings is 6. The van der Waals surface area contributed by atoms with Gasteiger partial charge in [0, 0.05) is 28.7 Å². The van der Waals surface area contributed by atoms with E-state index in [0.29, 0.717) is 0 Å². The molecule has 0 radical (unpaired) electrons. The summed E-state index contributed by atoms with van der Waals surface area (Å²) in [6.07, 6.45) is 17.3. The third-order valence-corrected chi connectivity index (χ3v) is 11.0. The molecular formula is C50H36O. The summed E-state index contributed by atoms with van der Waals surface area (Å²) in [4.78, 5) is 0. The van der Waals surface area contributed by atoms with Crippen LogP contribution in [0, 0.1) is 5.92 Å². The van der Waals surface area contributed by atoms with Crippen LogP contribution in [0.15, 0.2) is 186 Å². The lowest BCUT2D eigenvalue weighted by atomic mass is 9.73. The van der Waals surface area contributed by atoms with E-state index in [0.717, 1.165) is 17.8 Å². The lowest BCUT2D eigenvalue weighted by molar-refractivity contribution is 0.496. The van der Waals surface area contributed by atoms with Gasteiger partial charge < -0.3 is 4.42 Å². The van der Waals surface area contributed by atoms with E-state index in [1.165, 1.54) is 71.8 Å². The van der Waals surface area contributed by atoms with Crippen LogP contribution in [0.2, 0.25) is 0 Å². The summed E-state index contributed by atoms with van der Waals surface area (Å²) in [5.41, 5.74) is 13.7. The molecule has 7 aromatic rings. The van der Waals surface area contributed by atoms with Crippen LogP contribution in [-0.4, -0.2) is 0 Å². The van der Waals surface area contributed by atoms with Crippen molar-refractivity contribution >= 4 is 44.5 Å². The van der Waals surface area contributed by atoms with Gasteiger partial charge in [-0.05, 0) is 85.5 Å². The molecule has 3 atom stereocenters. The first-order chi connectivity index (χ1) is 25.3. The average Bonchev–Trinajstić information content (AvgIpc) is 3.60. The molecule has 6 aromatic carbocycles. The van der Waals surface area contributed by atoms with Crippen molar-refractivity contribution in [2.75, 3.05) is 0 Å². The number of allylic oxidation sites excluding steroid dienone is 9. The highest BCUT2D eigenvalue weighted by molar-refractivity contribution is 6.01. The van der Waals surface area contributed by atoms with Crippen molar-refractivity contribution in [3.05, 3.63) is 216 Å². The van der Waals surface area contributed by atoms with Gasteiger partial charge in [0.05, 0.1) is 0 Å². The summed E-state index contributed by atoms with van der Waals surface area (Å²) < 4.78 is 6.85. The topological polar surface area (TPSA) is 13.1 Å². The summed E-state index contributed by atoms with van der Waals surface area (Å²) in [5.74, 6) is 1.63. The molecule has 0 spiro atoms. The highest BCUT2D eigenvalue weighted by Crippen LogP contribution is 2.51. The molecule has 1 heteroatoms. The molecule has 10 rings (SSSR count). The molecule has 0 bridgehead atoms. The second-order valence-corrected chi connectivity index (χ2v) is 14.0. The maximum Gasteiger partial charge on any atom is 0.135 e. The minimum Gasteiger partial charge on any atom is -0.460 e. The fourth-order valence-corrected chi connectivity index (χ4v) is 8.49. The fourth-order valence-electron chi connectivity index (χ4n) is 8.49. The molecule has 1 heterocycles. The molecule has 242 valence electrons. The van der Waals surface area contributed by atoms with Gasteiger partial charge in [-0.3, -0.25) is 0 Å². The molecule has 51 heavy (non-hydrogen) atoms. The maximum absolute atomic E-state index is 6.85. The van der Waals surface area contributed by atoms with Crippen LogP contribution >= 0.6 is 0 Å². The van der Waals surface area contributed by atoms with Crippen molar-refractivity contribution in [2.45, 2.75) is 18.3 Å². The standard InChI is InChI=1S/C50H36O/c1-3-12-33(13-4-1)40-29-41(34-14-5-2-6-15-34)31-42(30-40)43-20-11-21-48-49(43)47-32-46(44-18-9-10-19-45(44)50(47)51-48)37-25-22-36(23-26-37)39-27-24-35-16-7-8-17-38(35)28-39/h1-30,32,42,44-45H,31H2. The van der Waals surface area contributed by atoms with Crippen molar-refractivity contribution in [1.29, 1.82) is 0 Å². The minimum atomic E-state index is 0.145. The smallest absolute Gasteiger partial charge is 0.135 e. The van der Waals surface area contributed by atoms with Crippen LogP contribution in [0.4, 0.5) is 0 Å². The van der Waals surface area contributed by atoms with E-state index in [9.17, 15) is 0 Å². The van der Waals surface area contributed by atoms with E-state index in [4.69, 9.17) is 4.42 Å². The van der Waals surface area contributed by atoms with Crippen LogP contribution in [0.1, 0.15) is 51.8 Å². The Kier molecular flexibility index (Phi) is 7.17. The molecule has 0 N–H and O–H groups in total. The highest BCUT2D eigenvalue weighted by Gasteiger charge is 2.35. The Morgan fingerprint density at radius 2 is 1.20 bits per heavy atom. The molecule has 0 aliphatic heterocycles. The summed E-state index contributed by atoms with van der Waals surface area (Å²) in [7, 11) is 0. The summed E-state index contributed by atoms with van der Waals surface area (Å²) in [6, 6.07) is 52.8. The Hall–Kier alpha value is -6.18. The lowest BCUT2D eigenvalue weighted by Gasteiger charge is -2.30. The van der Waals surface area contributed by atoms with Gasteiger partial charge >= 0.3 is 0 Å². The zero-order valence-corrected chi connectivity index (χ0v) is 28.2. The van der Waals surface area contributed by atoms with Crippen molar-refractivity contribution in [2.24, 2.45) is 5.92 Å². The molecule has 3 unspecified atom stereocenters. The molecule has 3 aliphatic rings. The van der Waals surface area contributed by atoms with Crippen LogP contribution < -0.4 is 0 Å². The van der Waals surface area contributed by atoms with Crippen molar-refractivity contribution in [1.82, 2.24) is 0 Å². The lowest BCUT2D eigenvalue weighted by Crippen LogP contribution is -2.17. The second-order valence-electron chi connectivity index (χ2n) is 14.0. The molecule has 0 saturated carbocycles. The van der Waals surface area contributed by atoms with E-state index < -0.39 is 0 Å². The van der Waals surface area contributed by atoms with Gasteiger partial charge in [0.15, 0.2) is 0 Å². The quantitative estimate of drug-likeness (QED) is 0.180. The number of rotatable bonds is 5. The third-order valence-electron chi connectivity index (χ3n) is 11.0. The monoisotopic (exact) mass is 652 g/mol. The fraction of sp³-hybridized carbons (Fsp3) is 0.0800. The van der Waals surface area contributed by atoms with E-state index in [-0.39, 0.29) is 17.8 Å². The van der Waals surface area contributed by atoms with Crippen LogP contribution in [0.5, 0.6) is 0 Å². The minimum absolute atomic E-state index is 0.145. The molecule has 1 aromatic heterocycles. The Morgan fingerprint density at radius 3 is 2.00 bits per heavy atom. The molecule has 3 aliphatic carbocycles. The van der Waals surface area contributed by atoms with E-state index in [1.54, 1.807) is 0 Å². The van der Waals surface area contributed by atoms with Crippen LogP contribution in [-0.2, 0) is 0 Å². The van der Waals surface area contributed by atoms with Gasteiger partial charge in [0.1, 0.15) is 11.3 Å². The molecule has 1 nitrogen and oxygen atoms in total. The number of hydrogen-bond acceptors (Lipinski definition) is 1. The summed E-state index contributed by atoms with van der Waals surface area (Å²) in [5, 5.41) is 3.77. The van der Waals surface area contributed by atoms with Gasteiger partial charge in [-0.15, -0.1) is 0 Å². The van der Waals surface area contributed by atoms with E-state index in [2.05, 4.69) is 188 Å². The number of hydrogen-bond donors (Lipinski definition) is 0. The van der Waals surface area contributed by atoms with Crippen molar-refractivity contribution in [3.63, 3.8) is 0 Å². The average molecular weight is 653 g/mol. The zero-order chi connectivity index (χ0) is 33.7. The third kappa shape index (κ3) is 5.25. The first kappa shape index (κ1) is 29.7. The van der Waals surface area contributed by atoms with E-state index >= 15 is 0 Å². The van der Waals surface area contributed by atoms with Crippen LogP contribution in [0.25, 0.3) is 55.7 Å². The maximum atomic E-state index is 6.85. The summed E-state index contributed by atoms with van der Waals surface area (Å²) in [6.45, 7) is 0. The van der Waals surface area contributed by atoms with Gasteiger partial charge in [0.2, 0.25) is 0 Å². The van der Waals surface area contributed by atoms with Gasteiger partial charge in [-0.1, -0.05) is 170 Å². The Balaban J connectivity index is 1.09. The molecular weight excluding hydrogens is 617 g/mol. The van der Waals surface area contributed by atoms with Gasteiger partial charge in [-0.2, -0.15) is 0 Å². The van der Waals surface area contributed by atoms with Gasteiger partial charge in [0.25, 0.3) is 0 Å². The van der Waals surface area contributed by atoms with Crippen molar-refractivity contribution in [3.8, 4) is 11.1 Å². The Morgan fingerprint density at radius 1 is 0.510 bits per heavy atom. The predicted molar refractivity (Wildman–Crippen MR) is 214 cm³/mol. The number of fused-ring (bicyclic) bond motifs is 6. The Labute approximate surface area is 298 Å². The first-order valence-electron chi connectivity index (χ1n) is 18.0. The van der Waals surface area contributed by atoms with Gasteiger partial charge in [-0.25, -0.2) is 0 Å². The van der Waals surface area contributed by atoms with E-state index in [1.807, 2.05) is 0 Å². The number of furan rings is 1. The van der Waals surface area contributed by atoms with Crippen LogP contribution in [0.3, 0.4) is 0 Å². The highest BCUT2D eigenvalue weighted by atomic mass is 16.3.